The van der Waals surface area contributed by atoms with Crippen LogP contribution >= 0.6 is 0 Å². The first-order valence-electron chi connectivity index (χ1n) is 6.10. The topological polar surface area (TPSA) is 70.1 Å². The summed E-state index contributed by atoms with van der Waals surface area (Å²) in [6.07, 6.45) is 2.24. The van der Waals surface area contributed by atoms with Crippen molar-refractivity contribution in [3.8, 4) is 0 Å². The van der Waals surface area contributed by atoms with Gasteiger partial charge in [-0.15, -0.1) is 0 Å². The van der Waals surface area contributed by atoms with Gasteiger partial charge in [-0.2, -0.15) is 5.10 Å². The molecule has 0 spiro atoms. The van der Waals surface area contributed by atoms with Crippen LogP contribution in [0, 0.1) is 0 Å². The van der Waals surface area contributed by atoms with E-state index in [9.17, 15) is 4.79 Å². The van der Waals surface area contributed by atoms with Crippen molar-refractivity contribution in [2.45, 2.75) is 38.5 Å². The van der Waals surface area contributed by atoms with Crippen LogP contribution in [0.15, 0.2) is 6.20 Å². The second-order valence-corrected chi connectivity index (χ2v) is 5.57. The largest absolute Gasteiger partial charge is 0.469 e. The summed E-state index contributed by atoms with van der Waals surface area (Å²) in [7, 11) is 3.27. The van der Waals surface area contributed by atoms with Gasteiger partial charge in [-0.05, 0) is 12.1 Å². The Morgan fingerprint density at radius 3 is 2.61 bits per heavy atom. The zero-order chi connectivity index (χ0) is 13.9. The standard InChI is InChI=1S/C13H23N3O2/c1-13(2,3)12-10(8-16(4)15-12)9(7-14)6-11(17)18-5/h8-9H,6-7,14H2,1-5H3. The van der Waals surface area contributed by atoms with Gasteiger partial charge in [-0.25, -0.2) is 0 Å². The third kappa shape index (κ3) is 3.32. The molecule has 0 saturated heterocycles. The van der Waals surface area contributed by atoms with Crippen molar-refractivity contribution in [2.24, 2.45) is 12.8 Å². The Labute approximate surface area is 108 Å². The molecule has 1 aromatic heterocycles. The summed E-state index contributed by atoms with van der Waals surface area (Å²) in [4.78, 5) is 11.4. The molecule has 1 atom stereocenters. The van der Waals surface area contributed by atoms with Crippen LogP contribution in [0.25, 0.3) is 0 Å². The number of aryl methyl sites for hydroxylation is 1. The maximum Gasteiger partial charge on any atom is 0.306 e. The second kappa shape index (κ2) is 5.52. The van der Waals surface area contributed by atoms with E-state index in [-0.39, 0.29) is 17.3 Å². The quantitative estimate of drug-likeness (QED) is 0.822. The minimum atomic E-state index is -0.242. The lowest BCUT2D eigenvalue weighted by molar-refractivity contribution is -0.141. The average molecular weight is 253 g/mol. The number of carbonyl (C=O) groups excluding carboxylic acids is 1. The highest BCUT2D eigenvalue weighted by molar-refractivity contribution is 5.70. The minimum Gasteiger partial charge on any atom is -0.469 e. The minimum absolute atomic E-state index is 0.0413. The van der Waals surface area contributed by atoms with Gasteiger partial charge in [0.1, 0.15) is 0 Å². The van der Waals surface area contributed by atoms with Crippen LogP contribution in [-0.2, 0) is 22.0 Å². The van der Waals surface area contributed by atoms with Crippen LogP contribution < -0.4 is 5.73 Å². The molecule has 5 nitrogen and oxygen atoms in total. The molecule has 0 saturated carbocycles. The number of hydrogen-bond donors (Lipinski definition) is 1. The van der Waals surface area contributed by atoms with E-state index in [4.69, 9.17) is 10.5 Å². The molecule has 1 unspecified atom stereocenters. The van der Waals surface area contributed by atoms with Crippen molar-refractivity contribution >= 4 is 5.97 Å². The van der Waals surface area contributed by atoms with Crippen molar-refractivity contribution in [3.63, 3.8) is 0 Å². The molecule has 5 heteroatoms. The Morgan fingerprint density at radius 2 is 2.17 bits per heavy atom. The van der Waals surface area contributed by atoms with Crippen LogP contribution in [-0.4, -0.2) is 29.4 Å². The first kappa shape index (κ1) is 14.7. The highest BCUT2D eigenvalue weighted by Gasteiger charge is 2.27. The maximum absolute atomic E-state index is 11.4. The number of ether oxygens (including phenoxy) is 1. The first-order valence-corrected chi connectivity index (χ1v) is 6.10. The van der Waals surface area contributed by atoms with Crippen LogP contribution in [0.5, 0.6) is 0 Å². The van der Waals surface area contributed by atoms with E-state index in [1.165, 1.54) is 7.11 Å². The lowest BCUT2D eigenvalue weighted by Crippen LogP contribution is -2.22. The molecular formula is C13H23N3O2. The van der Waals surface area contributed by atoms with Crippen LogP contribution in [0.3, 0.4) is 0 Å². The SMILES string of the molecule is COC(=O)CC(CN)c1cn(C)nc1C(C)(C)C. The molecule has 1 rings (SSSR count). The zero-order valence-corrected chi connectivity index (χ0v) is 11.9. The van der Waals surface area contributed by atoms with Gasteiger partial charge in [0.2, 0.25) is 0 Å². The number of rotatable bonds is 4. The van der Waals surface area contributed by atoms with Crippen LogP contribution in [0.4, 0.5) is 0 Å². The lowest BCUT2D eigenvalue weighted by atomic mass is 9.84. The van der Waals surface area contributed by atoms with Gasteiger partial charge in [-0.1, -0.05) is 20.8 Å². The van der Waals surface area contributed by atoms with Crippen molar-refractivity contribution in [2.75, 3.05) is 13.7 Å². The number of nitrogens with two attached hydrogens (primary N) is 1. The second-order valence-electron chi connectivity index (χ2n) is 5.57. The normalized spacial score (nSPS) is 13.4. The van der Waals surface area contributed by atoms with Gasteiger partial charge in [0.25, 0.3) is 0 Å². The molecule has 1 heterocycles. The molecule has 0 amide bonds. The van der Waals surface area contributed by atoms with Gasteiger partial charge < -0.3 is 10.5 Å². The van der Waals surface area contributed by atoms with Gasteiger partial charge in [0.15, 0.2) is 0 Å². The van der Waals surface area contributed by atoms with Gasteiger partial charge in [0.05, 0.1) is 19.2 Å². The summed E-state index contributed by atoms with van der Waals surface area (Å²) < 4.78 is 6.49. The fourth-order valence-electron chi connectivity index (χ4n) is 1.99. The molecule has 0 aliphatic heterocycles. The third-order valence-corrected chi connectivity index (χ3v) is 2.93. The summed E-state index contributed by atoms with van der Waals surface area (Å²) in [5, 5.41) is 4.49. The summed E-state index contributed by atoms with van der Waals surface area (Å²) in [6.45, 7) is 6.71. The van der Waals surface area contributed by atoms with Gasteiger partial charge >= 0.3 is 5.97 Å². The first-order chi connectivity index (χ1) is 8.29. The predicted octanol–water partition coefficient (Wildman–Crippen LogP) is 1.32. The molecular weight excluding hydrogens is 230 g/mol. The lowest BCUT2D eigenvalue weighted by Gasteiger charge is -2.21. The molecule has 2 N–H and O–H groups in total. The fourth-order valence-corrected chi connectivity index (χ4v) is 1.99. The highest BCUT2D eigenvalue weighted by atomic mass is 16.5. The number of carbonyl (C=O) groups is 1. The predicted molar refractivity (Wildman–Crippen MR) is 70.3 cm³/mol. The molecule has 102 valence electrons. The van der Waals surface area contributed by atoms with E-state index in [1.54, 1.807) is 4.68 Å². The molecule has 1 aromatic rings. The summed E-state index contributed by atoms with van der Waals surface area (Å²) >= 11 is 0. The Morgan fingerprint density at radius 1 is 1.56 bits per heavy atom. The van der Waals surface area contributed by atoms with E-state index in [1.807, 2.05) is 13.2 Å². The number of nitrogens with zero attached hydrogens (tertiary/aromatic N) is 2. The van der Waals surface area contributed by atoms with Crippen LogP contribution in [0.1, 0.15) is 44.4 Å². The van der Waals surface area contributed by atoms with Crippen molar-refractivity contribution in [3.05, 3.63) is 17.5 Å². The molecule has 0 radical (unpaired) electrons. The Balaban J connectivity index is 3.09. The molecule has 0 aliphatic rings. The van der Waals surface area contributed by atoms with Crippen molar-refractivity contribution in [1.82, 2.24) is 9.78 Å². The van der Waals surface area contributed by atoms with E-state index >= 15 is 0 Å². The number of methoxy groups -OCH3 is 1. The van der Waals surface area contributed by atoms with Gasteiger partial charge in [0, 0.05) is 24.6 Å². The molecule has 18 heavy (non-hydrogen) atoms. The van der Waals surface area contributed by atoms with Crippen LogP contribution in [0.2, 0.25) is 0 Å². The highest BCUT2D eigenvalue weighted by Crippen LogP contribution is 2.30. The van der Waals surface area contributed by atoms with Gasteiger partial charge in [-0.3, -0.25) is 9.48 Å². The summed E-state index contributed by atoms with van der Waals surface area (Å²) in [5.74, 6) is -0.283. The number of hydrogen-bond acceptors (Lipinski definition) is 4. The number of esters is 1. The monoisotopic (exact) mass is 253 g/mol. The van der Waals surface area contributed by atoms with E-state index < -0.39 is 0 Å². The Bertz CT molecular complexity index is 418. The molecule has 0 fully saturated rings. The van der Waals surface area contributed by atoms with Crippen molar-refractivity contribution < 1.29 is 9.53 Å². The summed E-state index contributed by atoms with van der Waals surface area (Å²) in [6, 6.07) is 0. The fraction of sp³-hybridized carbons (Fsp3) is 0.692. The molecule has 0 aromatic carbocycles. The van der Waals surface area contributed by atoms with E-state index in [0.717, 1.165) is 11.3 Å². The van der Waals surface area contributed by atoms with E-state index in [2.05, 4.69) is 25.9 Å². The average Bonchev–Trinajstić information content (AvgIpc) is 2.67. The maximum atomic E-state index is 11.4. The summed E-state index contributed by atoms with van der Waals surface area (Å²) in [5.41, 5.74) is 7.74. The Hall–Kier alpha value is -1.36. The number of aromatic nitrogens is 2. The zero-order valence-electron chi connectivity index (χ0n) is 11.9. The smallest absolute Gasteiger partial charge is 0.306 e. The van der Waals surface area contributed by atoms with E-state index in [0.29, 0.717) is 13.0 Å². The third-order valence-electron chi connectivity index (χ3n) is 2.93. The molecule has 0 aliphatic carbocycles. The Kier molecular flexibility index (Phi) is 4.51. The molecule has 0 bridgehead atoms. The van der Waals surface area contributed by atoms with Crippen molar-refractivity contribution in [1.29, 1.82) is 0 Å².